The van der Waals surface area contributed by atoms with Crippen LogP contribution in [0.3, 0.4) is 0 Å². The zero-order valence-electron chi connectivity index (χ0n) is 12.5. The van der Waals surface area contributed by atoms with Crippen LogP contribution in [0, 0.1) is 0 Å². The molecule has 2 N–H and O–H groups in total. The molecule has 0 aliphatic heterocycles. The van der Waals surface area contributed by atoms with Crippen LogP contribution in [-0.4, -0.2) is 23.2 Å². The number of rotatable bonds is 4. The second kappa shape index (κ2) is 7.23. The highest BCUT2D eigenvalue weighted by atomic mass is 35.5. The van der Waals surface area contributed by atoms with Crippen molar-refractivity contribution in [2.45, 2.75) is 0 Å². The Kier molecular flexibility index (Phi) is 5.03. The van der Waals surface area contributed by atoms with E-state index >= 15 is 0 Å². The molecule has 2 aromatic carbocycles. The maximum absolute atomic E-state index is 12.2. The normalized spacial score (nSPS) is 11.1. The lowest BCUT2D eigenvalue weighted by Gasteiger charge is -1.98. The number of aromatic carboxylic acids is 1. The zero-order chi connectivity index (χ0) is 18.0. The predicted molar refractivity (Wildman–Crippen MR) is 100 cm³/mol. The summed E-state index contributed by atoms with van der Waals surface area (Å²) in [5.41, 5.74) is 3.24. The summed E-state index contributed by atoms with van der Waals surface area (Å²) in [7, 11) is 0. The van der Waals surface area contributed by atoms with Crippen molar-refractivity contribution in [2.75, 3.05) is 0 Å². The highest BCUT2D eigenvalue weighted by Gasteiger charge is 2.16. The number of nitrogens with one attached hydrogen (secondary N) is 1. The highest BCUT2D eigenvalue weighted by molar-refractivity contribution is 7.21. The van der Waals surface area contributed by atoms with Gasteiger partial charge in [-0.05, 0) is 29.8 Å². The van der Waals surface area contributed by atoms with Gasteiger partial charge in [-0.3, -0.25) is 4.79 Å². The van der Waals surface area contributed by atoms with E-state index in [0.717, 1.165) is 10.1 Å². The molecule has 0 bridgehead atoms. The molecule has 0 atom stereocenters. The van der Waals surface area contributed by atoms with E-state index in [1.807, 2.05) is 0 Å². The van der Waals surface area contributed by atoms with Gasteiger partial charge in [-0.25, -0.2) is 10.2 Å². The van der Waals surface area contributed by atoms with E-state index in [-0.39, 0.29) is 5.56 Å². The Labute approximate surface area is 156 Å². The van der Waals surface area contributed by atoms with E-state index in [1.54, 1.807) is 30.3 Å². The lowest BCUT2D eigenvalue weighted by molar-refractivity contribution is 0.0696. The molecule has 1 aromatic heterocycles. The summed E-state index contributed by atoms with van der Waals surface area (Å²) in [6, 6.07) is 11.3. The standard InChI is InChI=1S/C17H10Cl2N2O3S/c18-11-5-6-12-13(7-11)25-15(14(12)19)16(22)21-20-8-9-1-3-10(4-2-9)17(23)24/h1-8H,(H,21,22)(H,23,24)/b20-8+. The van der Waals surface area contributed by atoms with Gasteiger partial charge >= 0.3 is 5.97 Å². The van der Waals surface area contributed by atoms with Crippen LogP contribution in [0.2, 0.25) is 10.0 Å². The smallest absolute Gasteiger partial charge is 0.335 e. The molecule has 3 aromatic rings. The second-order valence-electron chi connectivity index (χ2n) is 5.01. The molecule has 0 unspecified atom stereocenters. The highest BCUT2D eigenvalue weighted by Crippen LogP contribution is 2.36. The number of hydrogen-bond acceptors (Lipinski definition) is 4. The van der Waals surface area contributed by atoms with Crippen molar-refractivity contribution in [2.24, 2.45) is 5.10 Å². The van der Waals surface area contributed by atoms with Gasteiger partial charge in [-0.2, -0.15) is 5.10 Å². The number of carboxylic acid groups (broad SMARTS) is 1. The summed E-state index contributed by atoms with van der Waals surface area (Å²) < 4.78 is 0.816. The van der Waals surface area contributed by atoms with Gasteiger partial charge in [-0.1, -0.05) is 41.4 Å². The van der Waals surface area contributed by atoms with E-state index in [1.165, 1.54) is 29.7 Å². The Morgan fingerprint density at radius 3 is 2.52 bits per heavy atom. The van der Waals surface area contributed by atoms with Crippen molar-refractivity contribution >= 4 is 62.7 Å². The summed E-state index contributed by atoms with van der Waals surface area (Å²) in [4.78, 5) is 23.4. The Bertz CT molecular complexity index is 997. The third-order valence-corrected chi connectivity index (χ3v) is 5.23. The Morgan fingerprint density at radius 1 is 1.12 bits per heavy atom. The minimum atomic E-state index is -1.00. The summed E-state index contributed by atoms with van der Waals surface area (Å²) in [5, 5.41) is 14.4. The quantitative estimate of drug-likeness (QED) is 0.500. The molecule has 0 aliphatic rings. The minimum absolute atomic E-state index is 0.178. The number of hydrazone groups is 1. The molecular weight excluding hydrogens is 383 g/mol. The topological polar surface area (TPSA) is 78.8 Å². The Balaban J connectivity index is 1.74. The fraction of sp³-hybridized carbons (Fsp3) is 0. The average molecular weight is 393 g/mol. The van der Waals surface area contributed by atoms with Crippen LogP contribution >= 0.6 is 34.5 Å². The van der Waals surface area contributed by atoms with Crippen LogP contribution in [-0.2, 0) is 0 Å². The summed E-state index contributed by atoms with van der Waals surface area (Å²) in [6.45, 7) is 0. The van der Waals surface area contributed by atoms with E-state index in [9.17, 15) is 9.59 Å². The second-order valence-corrected chi connectivity index (χ2v) is 6.88. The number of nitrogens with zero attached hydrogens (tertiary/aromatic N) is 1. The molecule has 3 rings (SSSR count). The van der Waals surface area contributed by atoms with Crippen LogP contribution in [0.15, 0.2) is 47.6 Å². The van der Waals surface area contributed by atoms with Crippen molar-refractivity contribution in [1.82, 2.24) is 5.43 Å². The number of hydrogen-bond donors (Lipinski definition) is 2. The van der Waals surface area contributed by atoms with E-state index in [0.29, 0.717) is 20.5 Å². The molecule has 126 valence electrons. The third-order valence-electron chi connectivity index (χ3n) is 3.34. The van der Waals surface area contributed by atoms with Crippen LogP contribution in [0.1, 0.15) is 25.6 Å². The first-order chi connectivity index (χ1) is 12.0. The molecule has 0 fully saturated rings. The largest absolute Gasteiger partial charge is 0.478 e. The number of carbonyl (C=O) groups excluding carboxylic acids is 1. The molecule has 25 heavy (non-hydrogen) atoms. The number of amides is 1. The van der Waals surface area contributed by atoms with Crippen molar-refractivity contribution in [3.8, 4) is 0 Å². The molecule has 1 heterocycles. The minimum Gasteiger partial charge on any atom is -0.478 e. The van der Waals surface area contributed by atoms with Crippen molar-refractivity contribution in [3.63, 3.8) is 0 Å². The van der Waals surface area contributed by atoms with Gasteiger partial charge < -0.3 is 5.11 Å². The van der Waals surface area contributed by atoms with Gasteiger partial charge in [-0.15, -0.1) is 11.3 Å². The van der Waals surface area contributed by atoms with Gasteiger partial charge in [0.2, 0.25) is 0 Å². The fourth-order valence-electron chi connectivity index (χ4n) is 2.11. The molecule has 0 saturated carbocycles. The molecule has 0 radical (unpaired) electrons. The zero-order valence-corrected chi connectivity index (χ0v) is 14.8. The SMILES string of the molecule is O=C(O)c1ccc(/C=N/NC(=O)c2sc3cc(Cl)ccc3c2Cl)cc1. The first kappa shape index (κ1) is 17.4. The number of thiophene rings is 1. The summed E-state index contributed by atoms with van der Waals surface area (Å²) >= 11 is 13.4. The van der Waals surface area contributed by atoms with Gasteiger partial charge in [0.25, 0.3) is 5.91 Å². The van der Waals surface area contributed by atoms with Gasteiger partial charge in [0.1, 0.15) is 4.88 Å². The number of fused-ring (bicyclic) bond motifs is 1. The van der Waals surface area contributed by atoms with Crippen molar-refractivity contribution in [1.29, 1.82) is 0 Å². The van der Waals surface area contributed by atoms with Crippen molar-refractivity contribution < 1.29 is 14.7 Å². The average Bonchev–Trinajstić information content (AvgIpc) is 2.91. The molecule has 0 aliphatic carbocycles. The third kappa shape index (κ3) is 3.82. The van der Waals surface area contributed by atoms with Crippen molar-refractivity contribution in [3.05, 3.63) is 68.5 Å². The van der Waals surface area contributed by atoms with E-state index < -0.39 is 11.9 Å². The van der Waals surface area contributed by atoms with Crippen LogP contribution < -0.4 is 5.43 Å². The molecule has 5 nitrogen and oxygen atoms in total. The van der Waals surface area contributed by atoms with Gasteiger partial charge in [0.05, 0.1) is 16.8 Å². The van der Waals surface area contributed by atoms with Crippen LogP contribution in [0.4, 0.5) is 0 Å². The van der Waals surface area contributed by atoms with E-state index in [4.69, 9.17) is 28.3 Å². The lowest BCUT2D eigenvalue weighted by atomic mass is 10.1. The number of carbonyl (C=O) groups is 2. The van der Waals surface area contributed by atoms with Gasteiger partial charge in [0, 0.05) is 15.1 Å². The molecule has 1 amide bonds. The van der Waals surface area contributed by atoms with Crippen LogP contribution in [0.5, 0.6) is 0 Å². The summed E-state index contributed by atoms with van der Waals surface area (Å²) in [5.74, 6) is -1.43. The predicted octanol–water partition coefficient (Wildman–Crippen LogP) is 4.67. The number of benzene rings is 2. The Hall–Kier alpha value is -2.41. The maximum Gasteiger partial charge on any atom is 0.335 e. The number of carboxylic acids is 1. The van der Waals surface area contributed by atoms with E-state index in [2.05, 4.69) is 10.5 Å². The first-order valence-corrected chi connectivity index (χ1v) is 8.57. The van der Waals surface area contributed by atoms with Crippen LogP contribution in [0.25, 0.3) is 10.1 Å². The molecule has 8 heteroatoms. The maximum atomic E-state index is 12.2. The number of halogens is 2. The first-order valence-electron chi connectivity index (χ1n) is 7.00. The lowest BCUT2D eigenvalue weighted by Crippen LogP contribution is -2.16. The monoisotopic (exact) mass is 392 g/mol. The molecular formula is C17H10Cl2N2O3S. The Morgan fingerprint density at radius 2 is 1.84 bits per heavy atom. The molecule has 0 spiro atoms. The van der Waals surface area contributed by atoms with Gasteiger partial charge in [0.15, 0.2) is 0 Å². The fourth-order valence-corrected chi connectivity index (χ4v) is 3.80. The molecule has 0 saturated heterocycles. The summed E-state index contributed by atoms with van der Waals surface area (Å²) in [6.07, 6.45) is 1.42.